The van der Waals surface area contributed by atoms with Crippen LogP contribution in [0, 0.1) is 5.41 Å². The van der Waals surface area contributed by atoms with Gasteiger partial charge in [-0.3, -0.25) is 34.2 Å². The Morgan fingerprint density at radius 2 is 0.900 bits per heavy atom. The summed E-state index contributed by atoms with van der Waals surface area (Å²) in [6, 6.07) is 51.4. The van der Waals surface area contributed by atoms with E-state index < -0.39 is 240 Å². The summed E-state index contributed by atoms with van der Waals surface area (Å²) in [6.07, 6.45) is -32.8. The highest BCUT2D eigenvalue weighted by atomic mass is 16.7. The maximum atomic E-state index is 16.6. The topological polar surface area (TPSA) is 562 Å². The fraction of sp³-hybridized carbons (Fsp3) is 0.398. The van der Waals surface area contributed by atoms with Gasteiger partial charge in [0.05, 0.1) is 51.6 Å². The van der Waals surface area contributed by atoms with Gasteiger partial charge in [0.15, 0.2) is 24.4 Å². The molecule has 0 aromatic heterocycles. The summed E-state index contributed by atoms with van der Waals surface area (Å²) in [7, 11) is 0. The first kappa shape index (κ1) is 94.3. The number of hydrogen-bond acceptors (Lipinski definition) is 27. The molecule has 0 radical (unpaired) electrons. The molecule has 14 rings (SSSR count). The van der Waals surface area contributed by atoms with Crippen molar-refractivity contribution in [2.24, 2.45) is 4.99 Å². The van der Waals surface area contributed by atoms with Crippen molar-refractivity contribution in [1.82, 2.24) is 51.9 Å². The molecule has 0 aliphatic carbocycles. The second kappa shape index (κ2) is 42.8. The van der Waals surface area contributed by atoms with Gasteiger partial charge in [-0.1, -0.05) is 213 Å². The molecule has 6 aliphatic rings. The molecule has 6 amide bonds. The van der Waals surface area contributed by atoms with Crippen LogP contribution >= 0.6 is 0 Å². The standard InChI is InChI=1S/C93H108N12O25/c1-49(54-14-6-2-7-15-54)70-86(123)98-62(38-50-28-36-61(37-29-50)126-90-82(120)79(117)83(68(48-109)129-90)130-91-81(119)78(116)76(114)67(47-108)128-91)85(122)101-71(73(111)64-40-97-93(96-39-51-22-30-58(31-23-51)55-16-8-3-9-17-55)104(64)43-53-26-34-60(35-27-53)57-20-12-5-13-21-57)88(125)102-72(87(124)99-63(45-106)84(121)95-41-69(110)100-70)74(112)65-44-103(42-52-24-32-59(33-25-52)56-18-10-4-11-19-56)92(94)105(65)89-80(118)77(115)75(113)66(46-107)127-89/h2-37,49,62-68,70-83,89-91,94,106-109,111-120H,38-48H2,1H3,(H,95,121)(H,96,97)(H,98,123)(H,99,124)(H,100,110)(H,101,122)(H,102,125)/t49?,62-,63+,64?,65?,66-,67-,68-,70+,71+,72-,73?,74?,75-,76-,77+,78+,79-,80+,81+,82+,83-,89+,90+,91-/m1/s1. The Morgan fingerprint density at radius 1 is 0.438 bits per heavy atom. The quantitative estimate of drug-likeness (QED) is 0.0261. The van der Waals surface area contributed by atoms with Crippen molar-refractivity contribution >= 4 is 47.4 Å². The van der Waals surface area contributed by atoms with Crippen LogP contribution in [0.3, 0.4) is 0 Å². The van der Waals surface area contributed by atoms with Gasteiger partial charge in [0, 0.05) is 38.5 Å². The maximum Gasteiger partial charge on any atom is 0.246 e. The van der Waals surface area contributed by atoms with Crippen LogP contribution < -0.4 is 42.0 Å². The number of amides is 6. The van der Waals surface area contributed by atoms with Crippen molar-refractivity contribution in [2.45, 2.75) is 185 Å². The van der Waals surface area contributed by atoms with Crippen molar-refractivity contribution in [3.05, 3.63) is 246 Å². The Hall–Kier alpha value is -11.8. The molecule has 0 spiro atoms. The Labute approximate surface area is 747 Å². The fourth-order valence-electron chi connectivity index (χ4n) is 16.9. The molecule has 0 bridgehead atoms. The zero-order valence-electron chi connectivity index (χ0n) is 70.5. The summed E-state index contributed by atoms with van der Waals surface area (Å²) in [5.41, 5.74) is 8.04. The van der Waals surface area contributed by atoms with E-state index in [2.05, 4.69) is 37.2 Å². The second-order valence-electron chi connectivity index (χ2n) is 33.0. The zero-order chi connectivity index (χ0) is 92.1. The molecule has 6 aliphatic heterocycles. The van der Waals surface area contributed by atoms with E-state index in [0.29, 0.717) is 16.7 Å². The number of carbonyl (C=O) groups excluding carboxylic acids is 6. The van der Waals surface area contributed by atoms with Gasteiger partial charge in [0.2, 0.25) is 41.7 Å². The number of rotatable bonds is 26. The number of carbonyl (C=O) groups is 6. The van der Waals surface area contributed by atoms with Crippen molar-refractivity contribution in [2.75, 3.05) is 46.1 Å². The van der Waals surface area contributed by atoms with Crippen molar-refractivity contribution in [1.29, 1.82) is 5.41 Å². The van der Waals surface area contributed by atoms with E-state index in [1.807, 2.05) is 152 Å². The van der Waals surface area contributed by atoms with Crippen molar-refractivity contribution in [3.63, 3.8) is 0 Å². The summed E-state index contributed by atoms with van der Waals surface area (Å²) in [6.45, 7) is -4.11. The first-order chi connectivity index (χ1) is 62.7. The van der Waals surface area contributed by atoms with E-state index in [4.69, 9.17) is 28.7 Å². The van der Waals surface area contributed by atoms with Gasteiger partial charge in [0.25, 0.3) is 0 Å². The predicted molar refractivity (Wildman–Crippen MR) is 465 cm³/mol. The van der Waals surface area contributed by atoms with Crippen LogP contribution in [0.1, 0.15) is 40.7 Å². The number of aliphatic hydroxyl groups is 14. The Balaban J connectivity index is 0.848. The molecular weight excluding hydrogens is 1690 g/mol. The highest BCUT2D eigenvalue weighted by Crippen LogP contribution is 2.36. The van der Waals surface area contributed by atoms with E-state index in [1.54, 1.807) is 54.3 Å². The molecule has 6 fully saturated rings. The Bertz CT molecular complexity index is 5160. The molecule has 0 saturated carbocycles. The molecule has 37 heteroatoms. The molecule has 37 nitrogen and oxygen atoms in total. The largest absolute Gasteiger partial charge is 0.462 e. The van der Waals surface area contributed by atoms with Gasteiger partial charge in [-0.05, 0) is 73.3 Å². The summed E-state index contributed by atoms with van der Waals surface area (Å²) in [4.78, 5) is 102. The Kier molecular flexibility index (Phi) is 31.1. The lowest BCUT2D eigenvalue weighted by molar-refractivity contribution is -0.352. The lowest BCUT2D eigenvalue weighted by Gasteiger charge is -2.46. The van der Waals surface area contributed by atoms with Crippen LogP contribution in [0.15, 0.2) is 223 Å². The third kappa shape index (κ3) is 21.6. The normalized spacial score (nSPS) is 30.2. The average Bonchev–Trinajstić information content (AvgIpc) is 1.63. The number of ether oxygens (including phenoxy) is 5. The van der Waals surface area contributed by atoms with E-state index >= 15 is 19.2 Å². The number of aliphatic hydroxyl groups excluding tert-OH is 14. The summed E-state index contributed by atoms with van der Waals surface area (Å²) < 4.78 is 29.2. The average molecular weight is 1790 g/mol. The molecular formula is C93H108N12O25. The van der Waals surface area contributed by atoms with Gasteiger partial charge in [-0.2, -0.15) is 0 Å². The highest BCUT2D eigenvalue weighted by Gasteiger charge is 2.56. The minimum absolute atomic E-state index is 0.0536. The smallest absolute Gasteiger partial charge is 0.246 e. The van der Waals surface area contributed by atoms with E-state index in [-0.39, 0.29) is 43.5 Å². The number of aliphatic imine (C=N–C) groups is 1. The van der Waals surface area contributed by atoms with Gasteiger partial charge in [-0.15, -0.1) is 0 Å². The lowest BCUT2D eigenvalue weighted by atomic mass is 9.92. The van der Waals surface area contributed by atoms with Gasteiger partial charge >= 0.3 is 0 Å². The molecule has 8 aromatic rings. The van der Waals surface area contributed by atoms with Crippen LogP contribution in [0.2, 0.25) is 0 Å². The molecule has 130 heavy (non-hydrogen) atoms. The highest BCUT2D eigenvalue weighted by molar-refractivity contribution is 5.99. The van der Waals surface area contributed by atoms with Crippen LogP contribution in [-0.4, -0.2) is 326 Å². The molecule has 6 saturated heterocycles. The van der Waals surface area contributed by atoms with Crippen LogP contribution in [0.5, 0.6) is 5.75 Å². The Morgan fingerprint density at radius 3 is 1.45 bits per heavy atom. The van der Waals surface area contributed by atoms with Crippen molar-refractivity contribution in [3.8, 4) is 39.1 Å². The molecule has 690 valence electrons. The van der Waals surface area contributed by atoms with E-state index in [9.17, 15) is 86.5 Å². The minimum Gasteiger partial charge on any atom is -0.462 e. The van der Waals surface area contributed by atoms with E-state index in [0.717, 1.165) is 43.8 Å². The summed E-state index contributed by atoms with van der Waals surface area (Å²) in [5, 5.41) is 187. The number of nitrogens with zero attached hydrogens (tertiary/aromatic N) is 4. The molecule has 8 aromatic carbocycles. The molecule has 22 N–H and O–H groups in total. The lowest BCUT2D eigenvalue weighted by Crippen LogP contribution is -2.69. The zero-order valence-corrected chi connectivity index (χ0v) is 70.5. The summed E-state index contributed by atoms with van der Waals surface area (Å²) >= 11 is 0. The number of guanidine groups is 2. The van der Waals surface area contributed by atoms with Gasteiger partial charge in [0.1, 0.15) is 121 Å². The first-order valence-corrected chi connectivity index (χ1v) is 42.8. The first-order valence-electron chi connectivity index (χ1n) is 42.8. The van der Waals surface area contributed by atoms with Crippen LogP contribution in [0.25, 0.3) is 33.4 Å². The predicted octanol–water partition coefficient (Wildman–Crippen LogP) is -2.74. The van der Waals surface area contributed by atoms with Crippen molar-refractivity contribution < 1.29 is 124 Å². The third-order valence-corrected chi connectivity index (χ3v) is 24.4. The fourth-order valence-corrected chi connectivity index (χ4v) is 16.9. The van der Waals surface area contributed by atoms with Crippen LogP contribution in [-0.2, 0) is 73.8 Å². The molecule has 6 heterocycles. The monoisotopic (exact) mass is 1790 g/mol. The summed E-state index contributed by atoms with van der Waals surface area (Å²) in [5.74, 6) is -8.77. The SMILES string of the molecule is CC(c1ccccc1)[C@@H]1NC(=O)CNC(=O)[C@H](CO)NC(=O)[C@@H](C(O)C2CN(Cc3ccc(-c4ccccc4)cc3)C(=N)N2[C@H]2O[C@H](CO)[C@@H](O)[C@H](O)[C@@H]2O)NC(=O)[C@H](C(O)C2CNC(=NCc3ccc(-c4ccccc4)cc3)N2Cc2ccc(-c3ccccc3)cc2)NC(=O)[C@@H](Cc2ccc(O[C@H]3O[C@H](CO)[C@@H](O[C@H]4O[C@H](CO)[C@@H](O)[C@H](O)[C@@H]4O)[C@H](O)[C@@H]3O)cc2)NC1=O. The number of nitrogens with one attached hydrogen (secondary N) is 8. The van der Waals surface area contributed by atoms with E-state index in [1.165, 1.54) is 29.2 Å². The maximum absolute atomic E-state index is 16.6. The van der Waals surface area contributed by atoms with Gasteiger partial charge in [-0.25, -0.2) is 4.99 Å². The van der Waals surface area contributed by atoms with Gasteiger partial charge < -0.3 is 147 Å². The minimum atomic E-state index is -2.47. The molecule has 25 atom stereocenters. The van der Waals surface area contributed by atoms with Crippen LogP contribution in [0.4, 0.5) is 0 Å². The number of benzene rings is 8. The second-order valence-corrected chi connectivity index (χ2v) is 33.0. The number of hydrogen-bond donors (Lipinski definition) is 22. The third-order valence-electron chi connectivity index (χ3n) is 24.4. The molecule has 5 unspecified atom stereocenters.